The molecule has 1 aromatic heterocycles. The van der Waals surface area contributed by atoms with E-state index in [9.17, 15) is 4.79 Å². The minimum absolute atomic E-state index is 0.151. The number of carbonyl (C=O) groups excluding carboxylic acids is 1. The Hall–Kier alpha value is -1.68. The van der Waals surface area contributed by atoms with Gasteiger partial charge in [-0.3, -0.25) is 0 Å². The average Bonchev–Trinajstić information content (AvgIpc) is 2.83. The average molecular weight is 395 g/mol. The highest BCUT2D eigenvalue weighted by Crippen LogP contribution is 2.36. The van der Waals surface area contributed by atoms with Gasteiger partial charge >= 0.3 is 13.1 Å². The number of hydrogen-bond donors (Lipinski definition) is 0. The molecule has 0 unspecified atom stereocenters. The first-order valence-electron chi connectivity index (χ1n) is 9.32. The van der Waals surface area contributed by atoms with Crippen molar-refractivity contribution >= 4 is 18.6 Å². The van der Waals surface area contributed by atoms with Gasteiger partial charge < -0.3 is 28.3 Å². The first-order valence-corrected chi connectivity index (χ1v) is 9.32. The van der Waals surface area contributed by atoms with Gasteiger partial charge in [0.05, 0.1) is 31.0 Å². The van der Waals surface area contributed by atoms with Crippen molar-refractivity contribution in [1.29, 1.82) is 0 Å². The van der Waals surface area contributed by atoms with Crippen LogP contribution in [0.25, 0.3) is 0 Å². The molecule has 0 radical (unpaired) electrons. The standard InChI is InChI=1S/C19H30BNO7/c1-8-25-17(22)15-9-13(20-27-18(2,3)19(4,5)28-20)10-21-16(15)26-14(11-23-6)12-24-7/h9-10,14H,8,11-12H2,1-7H3. The molecule has 1 aliphatic heterocycles. The lowest BCUT2D eigenvalue weighted by Crippen LogP contribution is -2.41. The molecule has 0 spiro atoms. The van der Waals surface area contributed by atoms with Gasteiger partial charge in [0.1, 0.15) is 11.7 Å². The van der Waals surface area contributed by atoms with Gasteiger partial charge in [0.15, 0.2) is 0 Å². The third-order valence-corrected chi connectivity index (χ3v) is 4.88. The summed E-state index contributed by atoms with van der Waals surface area (Å²) < 4.78 is 33.4. The maximum absolute atomic E-state index is 12.5. The van der Waals surface area contributed by atoms with Gasteiger partial charge in [-0.15, -0.1) is 0 Å². The van der Waals surface area contributed by atoms with Crippen LogP contribution < -0.4 is 10.2 Å². The van der Waals surface area contributed by atoms with Crippen molar-refractivity contribution in [2.75, 3.05) is 34.0 Å². The van der Waals surface area contributed by atoms with Gasteiger partial charge in [0, 0.05) is 25.9 Å². The summed E-state index contributed by atoms with van der Waals surface area (Å²) in [5.74, 6) is -0.380. The Morgan fingerprint density at radius 1 is 1.14 bits per heavy atom. The maximum Gasteiger partial charge on any atom is 0.496 e. The molecule has 28 heavy (non-hydrogen) atoms. The molecular formula is C19H30BNO7. The zero-order valence-corrected chi connectivity index (χ0v) is 17.7. The number of hydrogen-bond acceptors (Lipinski definition) is 8. The molecule has 0 aromatic carbocycles. The molecule has 2 heterocycles. The molecule has 9 heteroatoms. The minimum Gasteiger partial charge on any atom is -0.469 e. The SMILES string of the molecule is CCOC(=O)c1cc(B2OC(C)(C)C(C)(C)O2)cnc1OC(COC)COC. The van der Waals surface area contributed by atoms with Crippen LogP contribution in [-0.2, 0) is 23.5 Å². The van der Waals surface area contributed by atoms with Crippen molar-refractivity contribution < 1.29 is 33.1 Å². The highest BCUT2D eigenvalue weighted by molar-refractivity contribution is 6.62. The number of rotatable bonds is 9. The van der Waals surface area contributed by atoms with Crippen LogP contribution in [-0.4, -0.2) is 69.4 Å². The Bertz CT molecular complexity index is 658. The minimum atomic E-state index is -0.645. The van der Waals surface area contributed by atoms with Crippen molar-refractivity contribution in [3.8, 4) is 5.88 Å². The fraction of sp³-hybridized carbons (Fsp3) is 0.684. The maximum atomic E-state index is 12.5. The van der Waals surface area contributed by atoms with E-state index in [2.05, 4.69) is 4.98 Å². The van der Waals surface area contributed by atoms with Gasteiger partial charge in [-0.1, -0.05) is 0 Å². The lowest BCUT2D eigenvalue weighted by molar-refractivity contribution is 0.00578. The van der Waals surface area contributed by atoms with Crippen LogP contribution >= 0.6 is 0 Å². The lowest BCUT2D eigenvalue weighted by Gasteiger charge is -2.32. The van der Waals surface area contributed by atoms with Crippen molar-refractivity contribution in [1.82, 2.24) is 4.98 Å². The number of aromatic nitrogens is 1. The largest absolute Gasteiger partial charge is 0.496 e. The van der Waals surface area contributed by atoms with Gasteiger partial charge in [-0.2, -0.15) is 0 Å². The quantitative estimate of drug-likeness (QED) is 0.461. The van der Waals surface area contributed by atoms with E-state index in [1.54, 1.807) is 33.4 Å². The fourth-order valence-corrected chi connectivity index (χ4v) is 2.67. The predicted molar refractivity (Wildman–Crippen MR) is 104 cm³/mol. The molecule has 1 saturated heterocycles. The van der Waals surface area contributed by atoms with Gasteiger partial charge in [-0.05, 0) is 40.7 Å². The number of carbonyl (C=O) groups is 1. The molecule has 0 N–H and O–H groups in total. The summed E-state index contributed by atoms with van der Waals surface area (Å²) in [7, 11) is 2.48. The highest BCUT2D eigenvalue weighted by atomic mass is 16.7. The molecule has 1 fully saturated rings. The number of nitrogens with zero attached hydrogens (tertiary/aromatic N) is 1. The third-order valence-electron chi connectivity index (χ3n) is 4.88. The van der Waals surface area contributed by atoms with Crippen LogP contribution in [0.3, 0.4) is 0 Å². The molecule has 1 aromatic rings. The number of methoxy groups -OCH3 is 2. The van der Waals surface area contributed by atoms with E-state index in [0.29, 0.717) is 5.46 Å². The van der Waals surface area contributed by atoms with E-state index in [1.807, 2.05) is 27.7 Å². The van der Waals surface area contributed by atoms with Crippen LogP contribution in [0.4, 0.5) is 0 Å². The van der Waals surface area contributed by atoms with E-state index in [1.165, 1.54) is 0 Å². The second kappa shape index (κ2) is 9.22. The summed E-state index contributed by atoms with van der Waals surface area (Å²) in [6, 6.07) is 1.64. The first kappa shape index (κ1) is 22.6. The van der Waals surface area contributed by atoms with E-state index in [-0.39, 0.29) is 31.3 Å². The molecule has 0 aliphatic carbocycles. The van der Waals surface area contributed by atoms with Crippen LogP contribution in [0.5, 0.6) is 5.88 Å². The second-order valence-electron chi connectivity index (χ2n) is 7.58. The van der Waals surface area contributed by atoms with E-state index in [4.69, 9.17) is 28.3 Å². The monoisotopic (exact) mass is 395 g/mol. The second-order valence-corrected chi connectivity index (χ2v) is 7.58. The van der Waals surface area contributed by atoms with Gasteiger partial charge in [0.25, 0.3) is 0 Å². The van der Waals surface area contributed by atoms with Crippen LogP contribution in [0.1, 0.15) is 45.0 Å². The Kier molecular flexibility index (Phi) is 7.44. The highest BCUT2D eigenvalue weighted by Gasteiger charge is 2.52. The van der Waals surface area contributed by atoms with Crippen molar-refractivity contribution in [2.24, 2.45) is 0 Å². The Balaban J connectivity index is 2.34. The Morgan fingerprint density at radius 2 is 1.71 bits per heavy atom. The zero-order valence-electron chi connectivity index (χ0n) is 17.7. The van der Waals surface area contributed by atoms with E-state index < -0.39 is 30.4 Å². The number of ether oxygens (including phenoxy) is 4. The van der Waals surface area contributed by atoms with Gasteiger partial charge in [0.2, 0.25) is 5.88 Å². The summed E-state index contributed by atoms with van der Waals surface area (Å²) in [5.41, 5.74) is -0.187. The molecule has 0 saturated carbocycles. The van der Waals surface area contributed by atoms with E-state index in [0.717, 1.165) is 0 Å². The fourth-order valence-electron chi connectivity index (χ4n) is 2.67. The van der Waals surface area contributed by atoms with Crippen LogP contribution in [0.2, 0.25) is 0 Å². The van der Waals surface area contributed by atoms with Crippen LogP contribution in [0.15, 0.2) is 12.3 Å². The molecule has 0 amide bonds. The summed E-state index contributed by atoms with van der Waals surface area (Å²) in [5, 5.41) is 0. The third kappa shape index (κ3) is 5.02. The lowest BCUT2D eigenvalue weighted by atomic mass is 9.79. The summed E-state index contributed by atoms with van der Waals surface area (Å²) in [4.78, 5) is 16.8. The molecule has 8 nitrogen and oxygen atoms in total. The Morgan fingerprint density at radius 3 is 2.21 bits per heavy atom. The summed E-state index contributed by atoms with van der Waals surface area (Å²) in [6.07, 6.45) is 1.16. The molecule has 0 bridgehead atoms. The predicted octanol–water partition coefficient (Wildman–Crippen LogP) is 1.60. The molecule has 2 rings (SSSR count). The topological polar surface area (TPSA) is 85.3 Å². The molecule has 1 aliphatic rings. The number of esters is 1. The van der Waals surface area contributed by atoms with Crippen molar-refractivity contribution in [3.63, 3.8) is 0 Å². The molecule has 0 atom stereocenters. The smallest absolute Gasteiger partial charge is 0.469 e. The summed E-state index contributed by atoms with van der Waals surface area (Å²) >= 11 is 0. The zero-order chi connectivity index (χ0) is 20.9. The normalized spacial score (nSPS) is 17.8. The number of pyridine rings is 1. The van der Waals surface area contributed by atoms with Gasteiger partial charge in [-0.25, -0.2) is 9.78 Å². The summed E-state index contributed by atoms with van der Waals surface area (Å²) in [6.45, 7) is 10.4. The Labute approximate surface area is 166 Å². The molecule has 156 valence electrons. The van der Waals surface area contributed by atoms with Crippen molar-refractivity contribution in [3.05, 3.63) is 17.8 Å². The molecular weight excluding hydrogens is 365 g/mol. The first-order chi connectivity index (χ1) is 13.1. The van der Waals surface area contributed by atoms with Crippen LogP contribution in [0, 0.1) is 0 Å². The van der Waals surface area contributed by atoms with E-state index >= 15 is 0 Å². The van der Waals surface area contributed by atoms with Crippen molar-refractivity contribution in [2.45, 2.75) is 51.9 Å².